The molecule has 2 heterocycles. The van der Waals surface area contributed by atoms with E-state index < -0.39 is 0 Å². The van der Waals surface area contributed by atoms with E-state index in [0.717, 1.165) is 41.7 Å². The highest BCUT2D eigenvalue weighted by Gasteiger charge is 2.26. The molecular formula is C21H24N4O2S. The van der Waals surface area contributed by atoms with Crippen molar-refractivity contribution in [2.75, 3.05) is 19.6 Å². The number of carbonyl (C=O) groups excluding carboxylic acids is 1. The number of benzene rings is 2. The van der Waals surface area contributed by atoms with E-state index in [0.29, 0.717) is 11.4 Å². The average Bonchev–Trinajstić information content (AvgIpc) is 3.14. The molecule has 2 aromatic carbocycles. The highest BCUT2D eigenvalue weighted by atomic mass is 32.1. The summed E-state index contributed by atoms with van der Waals surface area (Å²) >= 11 is 1.35. The molecule has 1 fully saturated rings. The van der Waals surface area contributed by atoms with Gasteiger partial charge in [-0.05, 0) is 42.6 Å². The summed E-state index contributed by atoms with van der Waals surface area (Å²) in [6, 6.07) is 15.5. The first-order chi connectivity index (χ1) is 13.6. The first-order valence-corrected chi connectivity index (χ1v) is 10.3. The molecule has 146 valence electrons. The number of hydrogen-bond acceptors (Lipinski definition) is 6. The van der Waals surface area contributed by atoms with E-state index in [-0.39, 0.29) is 18.1 Å². The Morgan fingerprint density at radius 2 is 2.11 bits per heavy atom. The standard InChI is InChI=1S/C21H24N4O2S/c1-14(23-21(27)20-17-7-3-5-9-19(17)28-24-20)25-11-10-22-16(13-25)12-15-6-2-4-8-18(15)26/h2-9,14,16,22,26H,10-13H2,1H3,(H,23,27). The zero-order valence-corrected chi connectivity index (χ0v) is 16.6. The summed E-state index contributed by atoms with van der Waals surface area (Å²) in [6.07, 6.45) is 0.655. The van der Waals surface area contributed by atoms with Crippen LogP contribution < -0.4 is 10.6 Å². The molecule has 2 unspecified atom stereocenters. The third-order valence-corrected chi connectivity index (χ3v) is 6.05. The van der Waals surface area contributed by atoms with Gasteiger partial charge >= 0.3 is 0 Å². The van der Waals surface area contributed by atoms with E-state index in [1.165, 1.54) is 11.5 Å². The second-order valence-corrected chi connectivity index (χ2v) is 7.96. The number of nitrogens with zero attached hydrogens (tertiary/aromatic N) is 2. The number of hydrogen-bond donors (Lipinski definition) is 3. The minimum Gasteiger partial charge on any atom is -0.508 e. The molecule has 1 aliphatic heterocycles. The summed E-state index contributed by atoms with van der Waals surface area (Å²) < 4.78 is 5.36. The van der Waals surface area contributed by atoms with Crippen LogP contribution in [0.5, 0.6) is 5.75 Å². The maximum atomic E-state index is 12.7. The van der Waals surface area contributed by atoms with Crippen LogP contribution in [-0.2, 0) is 6.42 Å². The van der Waals surface area contributed by atoms with Crippen LogP contribution in [0.2, 0.25) is 0 Å². The van der Waals surface area contributed by atoms with Crippen molar-refractivity contribution in [1.29, 1.82) is 0 Å². The van der Waals surface area contributed by atoms with Crippen LogP contribution in [0.1, 0.15) is 23.0 Å². The van der Waals surface area contributed by atoms with Gasteiger partial charge in [0.2, 0.25) is 0 Å². The molecule has 3 N–H and O–H groups in total. The normalized spacial score (nSPS) is 18.8. The van der Waals surface area contributed by atoms with E-state index >= 15 is 0 Å². The molecule has 7 heteroatoms. The smallest absolute Gasteiger partial charge is 0.272 e. The van der Waals surface area contributed by atoms with Gasteiger partial charge in [-0.1, -0.05) is 36.4 Å². The maximum Gasteiger partial charge on any atom is 0.272 e. The minimum atomic E-state index is -0.138. The van der Waals surface area contributed by atoms with Gasteiger partial charge in [0.15, 0.2) is 0 Å². The number of amides is 1. The lowest BCUT2D eigenvalue weighted by atomic mass is 10.0. The zero-order valence-electron chi connectivity index (χ0n) is 15.8. The summed E-state index contributed by atoms with van der Waals surface area (Å²) in [5.41, 5.74) is 1.43. The topological polar surface area (TPSA) is 77.5 Å². The highest BCUT2D eigenvalue weighted by molar-refractivity contribution is 7.13. The summed E-state index contributed by atoms with van der Waals surface area (Å²) in [5.74, 6) is 0.193. The van der Waals surface area contributed by atoms with Gasteiger partial charge in [-0.2, -0.15) is 4.37 Å². The van der Waals surface area contributed by atoms with Gasteiger partial charge < -0.3 is 15.7 Å². The molecule has 1 amide bonds. The maximum absolute atomic E-state index is 12.7. The Hall–Kier alpha value is -2.48. The second-order valence-electron chi connectivity index (χ2n) is 7.16. The summed E-state index contributed by atoms with van der Waals surface area (Å²) in [4.78, 5) is 15.0. The number of fused-ring (bicyclic) bond motifs is 1. The van der Waals surface area contributed by atoms with Crippen molar-refractivity contribution in [3.8, 4) is 5.75 Å². The minimum absolute atomic E-state index is 0.0954. The molecule has 4 rings (SSSR count). The highest BCUT2D eigenvalue weighted by Crippen LogP contribution is 2.22. The third-order valence-electron chi connectivity index (χ3n) is 5.23. The summed E-state index contributed by atoms with van der Waals surface area (Å²) in [5, 5.41) is 17.5. The van der Waals surface area contributed by atoms with Gasteiger partial charge in [0, 0.05) is 31.1 Å². The van der Waals surface area contributed by atoms with Gasteiger partial charge in [-0.3, -0.25) is 9.69 Å². The Morgan fingerprint density at radius 1 is 1.32 bits per heavy atom. The van der Waals surface area contributed by atoms with E-state index in [9.17, 15) is 9.90 Å². The van der Waals surface area contributed by atoms with Gasteiger partial charge in [0.1, 0.15) is 11.4 Å². The predicted octanol–water partition coefficient (Wildman–Crippen LogP) is 2.59. The quantitative estimate of drug-likeness (QED) is 0.618. The molecule has 0 aliphatic carbocycles. The number of rotatable bonds is 5. The number of aromatic hydroxyl groups is 1. The monoisotopic (exact) mass is 396 g/mol. The Kier molecular flexibility index (Phi) is 5.57. The third kappa shape index (κ3) is 4.01. The van der Waals surface area contributed by atoms with Crippen LogP contribution in [-0.4, -0.2) is 52.1 Å². The molecule has 1 saturated heterocycles. The predicted molar refractivity (Wildman–Crippen MR) is 112 cm³/mol. The van der Waals surface area contributed by atoms with Gasteiger partial charge in [-0.15, -0.1) is 0 Å². The Bertz CT molecular complexity index is 974. The number of phenols is 1. The average molecular weight is 397 g/mol. The molecule has 0 spiro atoms. The second kappa shape index (κ2) is 8.26. The molecule has 6 nitrogen and oxygen atoms in total. The van der Waals surface area contributed by atoms with Gasteiger partial charge in [0.25, 0.3) is 5.91 Å². The van der Waals surface area contributed by atoms with Crippen molar-refractivity contribution in [3.63, 3.8) is 0 Å². The van der Waals surface area contributed by atoms with Crippen LogP contribution in [0.15, 0.2) is 48.5 Å². The largest absolute Gasteiger partial charge is 0.508 e. The molecule has 0 bridgehead atoms. The number of aromatic nitrogens is 1. The van der Waals surface area contributed by atoms with Crippen LogP contribution in [0.4, 0.5) is 0 Å². The zero-order chi connectivity index (χ0) is 19.5. The lowest BCUT2D eigenvalue weighted by molar-refractivity contribution is 0.0815. The molecule has 0 radical (unpaired) electrons. The SMILES string of the molecule is CC(NC(=O)c1nsc2ccccc12)N1CCNC(Cc2ccccc2O)C1. The van der Waals surface area contributed by atoms with E-state index in [1.54, 1.807) is 6.07 Å². The summed E-state index contributed by atoms with van der Waals surface area (Å²) in [6.45, 7) is 4.51. The first kappa shape index (κ1) is 18.9. The van der Waals surface area contributed by atoms with Gasteiger partial charge in [0.05, 0.1) is 10.9 Å². The van der Waals surface area contributed by atoms with Crippen LogP contribution in [0, 0.1) is 0 Å². The molecule has 1 aliphatic rings. The number of nitrogens with one attached hydrogen (secondary N) is 2. The van der Waals surface area contributed by atoms with Crippen LogP contribution >= 0.6 is 11.5 Å². The Balaban J connectivity index is 1.39. The fourth-order valence-electron chi connectivity index (χ4n) is 3.69. The lowest BCUT2D eigenvalue weighted by Gasteiger charge is -2.37. The number of piperazine rings is 1. The van der Waals surface area contributed by atoms with Crippen molar-refractivity contribution in [2.45, 2.75) is 25.6 Å². The van der Waals surface area contributed by atoms with E-state index in [2.05, 4.69) is 19.9 Å². The van der Waals surface area contributed by atoms with Crippen LogP contribution in [0.3, 0.4) is 0 Å². The number of carbonyl (C=O) groups is 1. The van der Waals surface area contributed by atoms with Crippen LogP contribution in [0.25, 0.3) is 10.1 Å². The van der Waals surface area contributed by atoms with Crippen molar-refractivity contribution in [2.24, 2.45) is 0 Å². The van der Waals surface area contributed by atoms with Crippen molar-refractivity contribution >= 4 is 27.5 Å². The lowest BCUT2D eigenvalue weighted by Crippen LogP contribution is -2.58. The van der Waals surface area contributed by atoms with E-state index in [4.69, 9.17) is 0 Å². The Morgan fingerprint density at radius 3 is 2.96 bits per heavy atom. The van der Waals surface area contributed by atoms with Crippen molar-refractivity contribution in [1.82, 2.24) is 19.9 Å². The molecule has 1 aromatic heterocycles. The fourth-order valence-corrected chi connectivity index (χ4v) is 4.46. The number of phenolic OH excluding ortho intramolecular Hbond substituents is 1. The van der Waals surface area contributed by atoms with Crippen molar-refractivity contribution in [3.05, 3.63) is 59.8 Å². The first-order valence-electron chi connectivity index (χ1n) is 9.51. The number of para-hydroxylation sites is 1. The molecule has 28 heavy (non-hydrogen) atoms. The summed E-state index contributed by atoms with van der Waals surface area (Å²) in [7, 11) is 0. The van der Waals surface area contributed by atoms with Crippen molar-refractivity contribution < 1.29 is 9.90 Å². The Labute approximate surface area is 168 Å². The molecular weight excluding hydrogens is 372 g/mol. The van der Waals surface area contributed by atoms with Gasteiger partial charge in [-0.25, -0.2) is 0 Å². The molecule has 0 saturated carbocycles. The fraction of sp³-hybridized carbons (Fsp3) is 0.333. The van der Waals surface area contributed by atoms with E-state index in [1.807, 2.05) is 49.4 Å². The molecule has 2 atom stereocenters. The molecule has 3 aromatic rings.